The van der Waals surface area contributed by atoms with Gasteiger partial charge in [-0.15, -0.1) is 0 Å². The van der Waals surface area contributed by atoms with Gasteiger partial charge in [0.15, 0.2) is 0 Å². The number of ether oxygens (including phenoxy) is 2. The second kappa shape index (κ2) is 10.5. The molecule has 10 nitrogen and oxygen atoms in total. The summed E-state index contributed by atoms with van der Waals surface area (Å²) in [5.74, 6) is -1.86. The summed E-state index contributed by atoms with van der Waals surface area (Å²) in [5, 5.41) is 15.4. The van der Waals surface area contributed by atoms with Crippen molar-refractivity contribution in [2.45, 2.75) is 63.2 Å². The van der Waals surface area contributed by atoms with E-state index in [1.165, 1.54) is 0 Å². The lowest BCUT2D eigenvalue weighted by atomic mass is 9.65. The molecule has 0 aromatic carbocycles. The largest absolute Gasteiger partial charge is 0.396 e. The van der Waals surface area contributed by atoms with Gasteiger partial charge in [-0.25, -0.2) is 0 Å². The van der Waals surface area contributed by atoms with Gasteiger partial charge in [-0.2, -0.15) is 0 Å². The molecule has 0 aliphatic carbocycles. The molecule has 0 aromatic heterocycles. The van der Waals surface area contributed by atoms with E-state index < -0.39 is 29.1 Å². The Bertz CT molecular complexity index is 775. The van der Waals surface area contributed by atoms with Crippen molar-refractivity contribution in [1.29, 1.82) is 0 Å². The van der Waals surface area contributed by atoms with Gasteiger partial charge in [-0.3, -0.25) is 19.3 Å². The Kier molecular flexibility index (Phi) is 7.81. The standard InChI is InChI=1S/C24H40N4O6/c1-3-8-25-20(30)17-18-22(32)28(10-5-14-29)19(24(18)7-6-23(17,4-2)34-24)21(31)26-9-11-27-12-15-33-16-13-27/h17-19,29H,3-16H2,1-2H3,(H,25,30)(H,26,31)/t17-,18-,19?,23+,24?/m0/s1. The number of likely N-dealkylation sites (tertiary alicyclic amines) is 1. The molecule has 3 N–H and O–H groups in total. The third kappa shape index (κ3) is 4.23. The molecule has 4 heterocycles. The normalized spacial score (nSPS) is 35.0. The number of carbonyl (C=O) groups is 3. The highest BCUT2D eigenvalue weighted by atomic mass is 16.5. The van der Waals surface area contributed by atoms with E-state index in [9.17, 15) is 19.5 Å². The molecular formula is C24H40N4O6. The first kappa shape index (κ1) is 25.3. The average molecular weight is 481 g/mol. The Labute approximate surface area is 201 Å². The molecule has 4 aliphatic rings. The Balaban J connectivity index is 1.56. The van der Waals surface area contributed by atoms with Crippen LogP contribution < -0.4 is 10.6 Å². The molecule has 2 bridgehead atoms. The van der Waals surface area contributed by atoms with E-state index in [1.54, 1.807) is 4.90 Å². The number of nitrogens with one attached hydrogen (secondary N) is 2. The summed E-state index contributed by atoms with van der Waals surface area (Å²) in [7, 11) is 0. The highest BCUT2D eigenvalue weighted by Gasteiger charge is 2.78. The zero-order chi connectivity index (χ0) is 24.3. The lowest BCUT2D eigenvalue weighted by Gasteiger charge is -2.34. The van der Waals surface area contributed by atoms with Crippen LogP contribution in [0.25, 0.3) is 0 Å². The van der Waals surface area contributed by atoms with Crippen LogP contribution in [0.3, 0.4) is 0 Å². The van der Waals surface area contributed by atoms with Crippen molar-refractivity contribution in [2.75, 3.05) is 59.1 Å². The number of amides is 3. The van der Waals surface area contributed by atoms with Crippen molar-refractivity contribution in [3.63, 3.8) is 0 Å². The van der Waals surface area contributed by atoms with E-state index in [1.807, 2.05) is 13.8 Å². The SMILES string of the molecule is CCCNC(=O)[C@@H]1[C@H]2C(=O)N(CCCO)C(C(=O)NCCN3CCOCC3)C23CC[C@@]1(CC)O3. The fraction of sp³-hybridized carbons (Fsp3) is 0.875. The van der Waals surface area contributed by atoms with Gasteiger partial charge in [0.2, 0.25) is 17.7 Å². The van der Waals surface area contributed by atoms with E-state index >= 15 is 0 Å². The molecule has 192 valence electrons. The zero-order valence-electron chi connectivity index (χ0n) is 20.5. The van der Waals surface area contributed by atoms with Crippen LogP contribution in [-0.2, 0) is 23.9 Å². The first-order valence-electron chi connectivity index (χ1n) is 12.9. The summed E-state index contributed by atoms with van der Waals surface area (Å²) in [4.78, 5) is 44.4. The number of aliphatic hydroxyl groups is 1. The summed E-state index contributed by atoms with van der Waals surface area (Å²) in [5.41, 5.74) is -1.71. The number of nitrogens with zero attached hydrogens (tertiary/aromatic N) is 2. The van der Waals surface area contributed by atoms with Crippen LogP contribution in [0.4, 0.5) is 0 Å². The molecule has 4 fully saturated rings. The molecule has 34 heavy (non-hydrogen) atoms. The van der Waals surface area contributed by atoms with Gasteiger partial charge < -0.3 is 30.1 Å². The zero-order valence-corrected chi connectivity index (χ0v) is 20.5. The van der Waals surface area contributed by atoms with Crippen molar-refractivity contribution in [3.8, 4) is 0 Å². The fourth-order valence-electron chi connectivity index (χ4n) is 6.51. The van der Waals surface area contributed by atoms with Gasteiger partial charge in [0.05, 0.1) is 30.7 Å². The van der Waals surface area contributed by atoms with E-state index in [0.717, 1.165) is 19.5 Å². The number of morpholine rings is 1. The van der Waals surface area contributed by atoms with Crippen molar-refractivity contribution >= 4 is 17.7 Å². The molecule has 0 aromatic rings. The molecule has 4 rings (SSSR count). The smallest absolute Gasteiger partial charge is 0.245 e. The van der Waals surface area contributed by atoms with Gasteiger partial charge in [-0.05, 0) is 32.1 Å². The highest BCUT2D eigenvalue weighted by Crippen LogP contribution is 2.64. The minimum Gasteiger partial charge on any atom is -0.396 e. The second-order valence-corrected chi connectivity index (χ2v) is 9.98. The minimum absolute atomic E-state index is 0.0764. The molecule has 3 amide bonds. The number of rotatable bonds is 11. The van der Waals surface area contributed by atoms with Crippen LogP contribution in [-0.4, -0.2) is 109 Å². The van der Waals surface area contributed by atoms with E-state index in [4.69, 9.17) is 9.47 Å². The highest BCUT2D eigenvalue weighted by molar-refractivity contribution is 5.99. The predicted molar refractivity (Wildman–Crippen MR) is 124 cm³/mol. The van der Waals surface area contributed by atoms with Crippen molar-refractivity contribution < 1.29 is 29.0 Å². The topological polar surface area (TPSA) is 120 Å². The van der Waals surface area contributed by atoms with Gasteiger partial charge in [0.25, 0.3) is 0 Å². The van der Waals surface area contributed by atoms with Crippen LogP contribution in [0.15, 0.2) is 0 Å². The molecule has 5 atom stereocenters. The predicted octanol–water partition coefficient (Wildman–Crippen LogP) is -0.502. The molecule has 1 spiro atoms. The average Bonchev–Trinajstić information content (AvgIpc) is 3.45. The number of hydrogen-bond acceptors (Lipinski definition) is 7. The molecule has 0 radical (unpaired) electrons. The lowest BCUT2D eigenvalue weighted by Crippen LogP contribution is -2.56. The fourth-order valence-corrected chi connectivity index (χ4v) is 6.51. The molecular weight excluding hydrogens is 440 g/mol. The lowest BCUT2D eigenvalue weighted by molar-refractivity contribution is -0.147. The van der Waals surface area contributed by atoms with Crippen LogP contribution in [0.5, 0.6) is 0 Å². The summed E-state index contributed by atoms with van der Waals surface area (Å²) in [6.07, 6.45) is 3.02. The Morgan fingerprint density at radius 3 is 2.50 bits per heavy atom. The van der Waals surface area contributed by atoms with Crippen molar-refractivity contribution in [2.24, 2.45) is 11.8 Å². The molecule has 4 saturated heterocycles. The molecule has 4 aliphatic heterocycles. The summed E-state index contributed by atoms with van der Waals surface area (Å²) >= 11 is 0. The van der Waals surface area contributed by atoms with Gasteiger partial charge in [0.1, 0.15) is 11.6 Å². The Morgan fingerprint density at radius 2 is 1.82 bits per heavy atom. The van der Waals surface area contributed by atoms with Crippen LogP contribution in [0.1, 0.15) is 46.0 Å². The van der Waals surface area contributed by atoms with E-state index in [2.05, 4.69) is 15.5 Å². The quantitative estimate of drug-likeness (QED) is 0.365. The summed E-state index contributed by atoms with van der Waals surface area (Å²) in [6.45, 7) is 8.96. The minimum atomic E-state index is -1.00. The van der Waals surface area contributed by atoms with Crippen molar-refractivity contribution in [1.82, 2.24) is 20.4 Å². The van der Waals surface area contributed by atoms with Crippen LogP contribution >= 0.6 is 0 Å². The van der Waals surface area contributed by atoms with E-state index in [-0.39, 0.29) is 30.9 Å². The third-order valence-electron chi connectivity index (χ3n) is 8.15. The number of hydrogen-bond donors (Lipinski definition) is 3. The van der Waals surface area contributed by atoms with Crippen LogP contribution in [0.2, 0.25) is 0 Å². The van der Waals surface area contributed by atoms with Gasteiger partial charge in [0, 0.05) is 45.9 Å². The monoisotopic (exact) mass is 480 g/mol. The number of aliphatic hydroxyl groups excluding tert-OH is 1. The molecule has 10 heteroatoms. The summed E-state index contributed by atoms with van der Waals surface area (Å²) in [6, 6.07) is -0.793. The van der Waals surface area contributed by atoms with Gasteiger partial charge >= 0.3 is 0 Å². The maximum atomic E-state index is 13.7. The first-order valence-corrected chi connectivity index (χ1v) is 12.9. The Morgan fingerprint density at radius 1 is 1.09 bits per heavy atom. The summed E-state index contributed by atoms with van der Waals surface area (Å²) < 4.78 is 12.1. The maximum Gasteiger partial charge on any atom is 0.245 e. The maximum absolute atomic E-state index is 13.7. The third-order valence-corrected chi connectivity index (χ3v) is 8.15. The van der Waals surface area contributed by atoms with Gasteiger partial charge in [-0.1, -0.05) is 13.8 Å². The molecule has 2 unspecified atom stereocenters. The van der Waals surface area contributed by atoms with E-state index in [0.29, 0.717) is 58.5 Å². The Hall–Kier alpha value is -1.75. The number of carbonyl (C=O) groups excluding carboxylic acids is 3. The molecule has 0 saturated carbocycles. The van der Waals surface area contributed by atoms with Crippen LogP contribution in [0, 0.1) is 11.8 Å². The van der Waals surface area contributed by atoms with Crippen molar-refractivity contribution in [3.05, 3.63) is 0 Å². The number of fused-ring (bicyclic) bond motifs is 1. The second-order valence-electron chi connectivity index (χ2n) is 9.98. The first-order chi connectivity index (χ1) is 16.4.